The van der Waals surface area contributed by atoms with Crippen LogP contribution in [0.15, 0.2) is 72.0 Å². The molecule has 1 amide bonds. The predicted molar refractivity (Wildman–Crippen MR) is 167 cm³/mol. The average Bonchev–Trinajstić information content (AvgIpc) is 3.61. The van der Waals surface area contributed by atoms with Crippen molar-refractivity contribution < 1.29 is 18.0 Å². The van der Waals surface area contributed by atoms with Crippen molar-refractivity contribution in [2.24, 2.45) is 4.99 Å². The standard InChI is InChI=1S/C29H25ClF3N7OS2/c1-16-4-13-23(30)25(17(16)2)40-24(41)14-43-28(40)35-27(42)37-36-18(3)19-5-7-20(8-6-19)26-34-15-39(38-26)22-11-9-21(10-12-22)29(31,32)33/h4-13,15,18,36H,14H2,1-3H3,(H,37,42). The smallest absolute Gasteiger partial charge is 0.296 e. The summed E-state index contributed by atoms with van der Waals surface area (Å²) in [4.78, 5) is 23.0. The van der Waals surface area contributed by atoms with E-state index in [0.717, 1.165) is 34.4 Å². The van der Waals surface area contributed by atoms with Crippen molar-refractivity contribution >= 4 is 57.5 Å². The number of alkyl halides is 3. The van der Waals surface area contributed by atoms with Crippen molar-refractivity contribution in [3.05, 3.63) is 94.3 Å². The number of aromatic nitrogens is 3. The molecule has 14 heteroatoms. The number of thioether (sulfide) groups is 1. The summed E-state index contributed by atoms with van der Waals surface area (Å²) in [6.07, 6.45) is -2.95. The quantitative estimate of drug-likeness (QED) is 0.177. The van der Waals surface area contributed by atoms with E-state index in [1.807, 2.05) is 51.1 Å². The van der Waals surface area contributed by atoms with Crippen LogP contribution in [0.3, 0.4) is 0 Å². The van der Waals surface area contributed by atoms with E-state index in [-0.39, 0.29) is 22.8 Å². The zero-order valence-corrected chi connectivity index (χ0v) is 25.5. The monoisotopic (exact) mass is 643 g/mol. The highest BCUT2D eigenvalue weighted by Gasteiger charge is 2.33. The van der Waals surface area contributed by atoms with Crippen molar-refractivity contribution in [1.82, 2.24) is 25.6 Å². The lowest BCUT2D eigenvalue weighted by Gasteiger charge is -2.21. The molecule has 0 saturated carbocycles. The molecule has 1 aliphatic heterocycles. The number of carbonyl (C=O) groups is 1. The molecule has 5 rings (SSSR count). The Bertz CT molecular complexity index is 1710. The summed E-state index contributed by atoms with van der Waals surface area (Å²) < 4.78 is 40.0. The van der Waals surface area contributed by atoms with E-state index >= 15 is 0 Å². The number of carbonyl (C=O) groups excluding carboxylic acids is 1. The number of amidine groups is 1. The summed E-state index contributed by atoms with van der Waals surface area (Å²) >= 11 is 13.2. The number of nitrogens with zero attached hydrogens (tertiary/aromatic N) is 5. The Labute approximate surface area is 260 Å². The zero-order valence-electron chi connectivity index (χ0n) is 23.1. The molecular weight excluding hydrogens is 619 g/mol. The molecule has 0 spiro atoms. The van der Waals surface area contributed by atoms with Gasteiger partial charge in [0.2, 0.25) is 11.0 Å². The van der Waals surface area contributed by atoms with Crippen molar-refractivity contribution in [2.75, 3.05) is 10.7 Å². The number of anilines is 1. The van der Waals surface area contributed by atoms with Crippen LogP contribution in [0, 0.1) is 13.8 Å². The maximum atomic E-state index is 12.9. The van der Waals surface area contributed by atoms with Gasteiger partial charge in [0.1, 0.15) is 6.33 Å². The highest BCUT2D eigenvalue weighted by molar-refractivity contribution is 8.15. The molecule has 1 unspecified atom stereocenters. The fourth-order valence-corrected chi connectivity index (χ4v) is 5.67. The summed E-state index contributed by atoms with van der Waals surface area (Å²) in [6, 6.07) is 15.7. The molecule has 8 nitrogen and oxygen atoms in total. The van der Waals surface area contributed by atoms with Crippen LogP contribution in [0.4, 0.5) is 18.9 Å². The Balaban J connectivity index is 1.22. The van der Waals surface area contributed by atoms with Crippen LogP contribution >= 0.6 is 35.6 Å². The Morgan fingerprint density at radius 1 is 1.09 bits per heavy atom. The molecule has 0 radical (unpaired) electrons. The molecular formula is C29H25ClF3N7OS2. The minimum absolute atomic E-state index is 0.123. The number of rotatable bonds is 6. The first-order valence-electron chi connectivity index (χ1n) is 13.0. The van der Waals surface area contributed by atoms with E-state index < -0.39 is 11.7 Å². The maximum Gasteiger partial charge on any atom is 0.416 e. The Morgan fingerprint density at radius 2 is 1.79 bits per heavy atom. The molecule has 1 aromatic heterocycles. The number of halogens is 4. The van der Waals surface area contributed by atoms with Crippen LogP contribution < -0.4 is 15.8 Å². The van der Waals surface area contributed by atoms with E-state index in [1.54, 1.807) is 6.07 Å². The molecule has 222 valence electrons. The zero-order chi connectivity index (χ0) is 30.9. The van der Waals surface area contributed by atoms with Gasteiger partial charge in [-0.3, -0.25) is 15.1 Å². The average molecular weight is 644 g/mol. The highest BCUT2D eigenvalue weighted by Crippen LogP contribution is 2.36. The van der Waals surface area contributed by atoms with Gasteiger partial charge in [-0.2, -0.15) is 18.2 Å². The van der Waals surface area contributed by atoms with Gasteiger partial charge < -0.3 is 0 Å². The Kier molecular flexibility index (Phi) is 8.88. The van der Waals surface area contributed by atoms with Gasteiger partial charge in [0.25, 0.3) is 0 Å². The van der Waals surface area contributed by atoms with E-state index in [2.05, 4.69) is 25.9 Å². The van der Waals surface area contributed by atoms with Gasteiger partial charge in [-0.1, -0.05) is 53.7 Å². The fraction of sp³-hybridized carbons (Fsp3) is 0.207. The van der Waals surface area contributed by atoms with Crippen molar-refractivity contribution in [3.8, 4) is 17.1 Å². The van der Waals surface area contributed by atoms with Crippen LogP contribution in [-0.2, 0) is 11.0 Å². The normalized spacial score (nSPS) is 15.3. The first-order chi connectivity index (χ1) is 20.4. The molecule has 1 aliphatic rings. The molecule has 43 heavy (non-hydrogen) atoms. The number of hydrazine groups is 1. The fourth-order valence-electron chi connectivity index (χ4n) is 4.32. The minimum atomic E-state index is -4.40. The van der Waals surface area contributed by atoms with Crippen LogP contribution in [0.1, 0.15) is 35.2 Å². The molecule has 1 atom stereocenters. The second kappa shape index (κ2) is 12.4. The van der Waals surface area contributed by atoms with E-state index in [4.69, 9.17) is 23.8 Å². The van der Waals surface area contributed by atoms with Gasteiger partial charge in [-0.15, -0.1) is 5.10 Å². The van der Waals surface area contributed by atoms with Crippen LogP contribution in [0.2, 0.25) is 5.02 Å². The van der Waals surface area contributed by atoms with Gasteiger partial charge in [0, 0.05) is 11.6 Å². The second-order valence-electron chi connectivity index (χ2n) is 9.73. The number of aryl methyl sites for hydroxylation is 1. The SMILES string of the molecule is Cc1ccc(Cl)c(N2C(=O)CSC2=NC(=S)NNC(C)c2ccc(-c3ncn(-c4ccc(C(F)(F)F)cc4)n3)cc2)c1C. The number of aliphatic imine (C=N–C) groups is 1. The van der Waals surface area contributed by atoms with Crippen molar-refractivity contribution in [3.63, 3.8) is 0 Å². The largest absolute Gasteiger partial charge is 0.416 e. The lowest BCUT2D eigenvalue weighted by molar-refractivity contribution is -0.137. The summed E-state index contributed by atoms with van der Waals surface area (Å²) in [6.45, 7) is 5.80. The third-order valence-electron chi connectivity index (χ3n) is 6.85. The van der Waals surface area contributed by atoms with Crippen molar-refractivity contribution in [2.45, 2.75) is 33.0 Å². The van der Waals surface area contributed by atoms with Gasteiger partial charge >= 0.3 is 6.18 Å². The molecule has 1 fully saturated rings. The number of thiocarbonyl (C=S) groups is 1. The minimum Gasteiger partial charge on any atom is -0.296 e. The summed E-state index contributed by atoms with van der Waals surface area (Å²) in [5, 5.41) is 5.46. The van der Waals surface area contributed by atoms with E-state index in [9.17, 15) is 18.0 Å². The first-order valence-corrected chi connectivity index (χ1v) is 14.7. The molecule has 2 heterocycles. The Morgan fingerprint density at radius 3 is 2.47 bits per heavy atom. The number of amides is 1. The topological polar surface area (TPSA) is 87.4 Å². The third kappa shape index (κ3) is 6.74. The molecule has 4 aromatic rings. The lowest BCUT2D eigenvalue weighted by atomic mass is 10.1. The molecule has 1 saturated heterocycles. The third-order valence-corrected chi connectivity index (χ3v) is 8.28. The number of hydrogen-bond donors (Lipinski definition) is 2. The van der Waals surface area contributed by atoms with E-state index in [0.29, 0.717) is 27.4 Å². The van der Waals surface area contributed by atoms with Crippen molar-refractivity contribution in [1.29, 1.82) is 0 Å². The van der Waals surface area contributed by atoms with Crippen LogP contribution in [0.5, 0.6) is 0 Å². The van der Waals surface area contributed by atoms with Gasteiger partial charge in [0.05, 0.1) is 27.7 Å². The first kappa shape index (κ1) is 30.7. The van der Waals surface area contributed by atoms with Gasteiger partial charge in [-0.05, 0) is 80.0 Å². The number of benzene rings is 3. The Hall–Kier alpha value is -3.78. The number of hydrogen-bond acceptors (Lipinski definition) is 6. The summed E-state index contributed by atoms with van der Waals surface area (Å²) in [5.74, 6) is 0.542. The van der Waals surface area contributed by atoms with Gasteiger partial charge in [0.15, 0.2) is 11.0 Å². The predicted octanol–water partition coefficient (Wildman–Crippen LogP) is 6.80. The molecule has 2 N–H and O–H groups in total. The molecule has 0 bridgehead atoms. The van der Waals surface area contributed by atoms with E-state index in [1.165, 1.54) is 39.8 Å². The summed E-state index contributed by atoms with van der Waals surface area (Å²) in [5.41, 5.74) is 9.97. The molecule has 0 aliphatic carbocycles. The summed E-state index contributed by atoms with van der Waals surface area (Å²) in [7, 11) is 0. The van der Waals surface area contributed by atoms with Crippen LogP contribution in [-0.4, -0.2) is 36.7 Å². The van der Waals surface area contributed by atoms with Gasteiger partial charge in [-0.25, -0.2) is 15.1 Å². The van der Waals surface area contributed by atoms with Crippen LogP contribution in [0.25, 0.3) is 17.1 Å². The highest BCUT2D eigenvalue weighted by atomic mass is 35.5. The lowest BCUT2D eigenvalue weighted by Crippen LogP contribution is -2.38. The number of nitrogens with one attached hydrogen (secondary N) is 2. The second-order valence-corrected chi connectivity index (χ2v) is 11.5. The molecule has 3 aromatic carbocycles. The maximum absolute atomic E-state index is 12.9.